The van der Waals surface area contributed by atoms with Gasteiger partial charge in [-0.25, -0.2) is 0 Å². The molecule has 1 aliphatic heterocycles. The van der Waals surface area contributed by atoms with E-state index in [1.807, 2.05) is 0 Å². The molecular formula is C13H21NO3. The van der Waals surface area contributed by atoms with Crippen LogP contribution in [0.3, 0.4) is 0 Å². The monoisotopic (exact) mass is 239 g/mol. The first-order valence-corrected chi connectivity index (χ1v) is 6.67. The lowest BCUT2D eigenvalue weighted by Crippen LogP contribution is -2.42. The molecule has 1 saturated heterocycles. The summed E-state index contributed by atoms with van der Waals surface area (Å²) in [5.41, 5.74) is 0. The van der Waals surface area contributed by atoms with Gasteiger partial charge >= 0.3 is 5.97 Å². The number of carbonyl (C=O) groups excluding carboxylic acids is 1. The average molecular weight is 239 g/mol. The molecule has 17 heavy (non-hydrogen) atoms. The normalized spacial score (nSPS) is 26.1. The van der Waals surface area contributed by atoms with E-state index in [0.717, 1.165) is 13.0 Å². The van der Waals surface area contributed by atoms with Gasteiger partial charge < -0.3 is 10.0 Å². The minimum Gasteiger partial charge on any atom is -0.481 e. The van der Waals surface area contributed by atoms with E-state index in [0.29, 0.717) is 25.3 Å². The number of carbonyl (C=O) groups is 2. The second-order valence-corrected chi connectivity index (χ2v) is 5.37. The van der Waals surface area contributed by atoms with Crippen molar-refractivity contribution in [3.05, 3.63) is 0 Å². The molecule has 0 aromatic carbocycles. The zero-order chi connectivity index (χ0) is 12.3. The molecule has 2 fully saturated rings. The summed E-state index contributed by atoms with van der Waals surface area (Å²) in [6.45, 7) is 1.16. The first-order chi connectivity index (χ1) is 8.16. The average Bonchev–Trinajstić information content (AvgIpc) is 2.82. The first-order valence-electron chi connectivity index (χ1n) is 6.67. The fraction of sp³-hybridized carbons (Fsp3) is 0.846. The number of aliphatic carboxylic acids is 1. The number of carboxylic acid groups (broad SMARTS) is 1. The van der Waals surface area contributed by atoms with Crippen LogP contribution < -0.4 is 0 Å². The third kappa shape index (κ3) is 3.20. The fourth-order valence-electron chi connectivity index (χ4n) is 3.00. The van der Waals surface area contributed by atoms with E-state index in [9.17, 15) is 9.59 Å². The zero-order valence-electron chi connectivity index (χ0n) is 10.2. The molecular weight excluding hydrogens is 218 g/mol. The Morgan fingerprint density at radius 2 is 1.82 bits per heavy atom. The van der Waals surface area contributed by atoms with Crippen LogP contribution in [0.1, 0.15) is 44.9 Å². The van der Waals surface area contributed by atoms with E-state index in [1.165, 1.54) is 25.7 Å². The van der Waals surface area contributed by atoms with E-state index in [1.54, 1.807) is 4.90 Å². The zero-order valence-corrected chi connectivity index (χ0v) is 10.2. The Balaban J connectivity index is 1.83. The number of amides is 1. The molecule has 0 bridgehead atoms. The third-order valence-corrected chi connectivity index (χ3v) is 4.06. The summed E-state index contributed by atoms with van der Waals surface area (Å²) in [5.74, 6) is -0.393. The van der Waals surface area contributed by atoms with E-state index >= 15 is 0 Å². The lowest BCUT2D eigenvalue weighted by Gasteiger charge is -2.31. The van der Waals surface area contributed by atoms with Gasteiger partial charge in [-0.15, -0.1) is 0 Å². The van der Waals surface area contributed by atoms with Crippen LogP contribution in [0.2, 0.25) is 0 Å². The maximum absolute atomic E-state index is 12.1. The molecule has 2 aliphatic rings. The lowest BCUT2D eigenvalue weighted by atomic mass is 9.96. The van der Waals surface area contributed by atoms with Crippen LogP contribution in [0, 0.1) is 11.8 Å². The Morgan fingerprint density at radius 3 is 2.47 bits per heavy atom. The Morgan fingerprint density at radius 1 is 1.12 bits per heavy atom. The van der Waals surface area contributed by atoms with Crippen molar-refractivity contribution >= 4 is 11.9 Å². The molecule has 0 aromatic heterocycles. The number of carboxylic acids is 1. The largest absolute Gasteiger partial charge is 0.481 e. The number of hydrogen-bond donors (Lipinski definition) is 1. The molecule has 1 atom stereocenters. The smallest absolute Gasteiger partial charge is 0.308 e. The lowest BCUT2D eigenvalue weighted by molar-refractivity contribution is -0.145. The summed E-state index contributed by atoms with van der Waals surface area (Å²) in [6, 6.07) is 0. The standard InChI is InChI=1S/C13H21NO3/c15-12(8-10-4-1-2-5-10)14-7-3-6-11(9-14)13(16)17/h10-11H,1-9H2,(H,16,17)/t11-/m0/s1. The molecule has 1 aliphatic carbocycles. The SMILES string of the molecule is O=C(O)[C@H]1CCCN(C(=O)CC2CCCC2)C1. The van der Waals surface area contributed by atoms with Gasteiger partial charge in [0.25, 0.3) is 0 Å². The van der Waals surface area contributed by atoms with Crippen molar-refractivity contribution in [2.24, 2.45) is 11.8 Å². The van der Waals surface area contributed by atoms with Crippen molar-refractivity contribution in [3.8, 4) is 0 Å². The maximum atomic E-state index is 12.1. The Kier molecular flexibility index (Phi) is 4.02. The van der Waals surface area contributed by atoms with Crippen LogP contribution in [-0.4, -0.2) is 35.0 Å². The second-order valence-electron chi connectivity index (χ2n) is 5.37. The quantitative estimate of drug-likeness (QED) is 0.818. The van der Waals surface area contributed by atoms with Crippen molar-refractivity contribution in [1.29, 1.82) is 0 Å². The highest BCUT2D eigenvalue weighted by atomic mass is 16.4. The van der Waals surface area contributed by atoms with Gasteiger partial charge in [-0.2, -0.15) is 0 Å². The summed E-state index contributed by atoms with van der Waals surface area (Å²) in [5, 5.41) is 8.98. The van der Waals surface area contributed by atoms with Crippen LogP contribution in [0.4, 0.5) is 0 Å². The summed E-state index contributed by atoms with van der Waals surface area (Å²) in [4.78, 5) is 24.7. The van der Waals surface area contributed by atoms with Gasteiger partial charge in [0.1, 0.15) is 0 Å². The second kappa shape index (κ2) is 5.52. The van der Waals surface area contributed by atoms with Gasteiger partial charge in [0, 0.05) is 19.5 Å². The first kappa shape index (κ1) is 12.4. The molecule has 0 unspecified atom stereocenters. The predicted molar refractivity (Wildman–Crippen MR) is 63.5 cm³/mol. The summed E-state index contributed by atoms with van der Waals surface area (Å²) in [6.07, 6.45) is 7.00. The van der Waals surface area contributed by atoms with E-state index in [-0.39, 0.29) is 11.8 Å². The van der Waals surface area contributed by atoms with Crippen LogP contribution >= 0.6 is 0 Å². The van der Waals surface area contributed by atoms with Gasteiger partial charge in [0.05, 0.1) is 5.92 Å². The van der Waals surface area contributed by atoms with E-state index in [4.69, 9.17) is 5.11 Å². The molecule has 1 heterocycles. The van der Waals surface area contributed by atoms with Crippen LogP contribution in [-0.2, 0) is 9.59 Å². The Hall–Kier alpha value is -1.06. The summed E-state index contributed by atoms with van der Waals surface area (Å²) >= 11 is 0. The summed E-state index contributed by atoms with van der Waals surface area (Å²) in [7, 11) is 0. The number of rotatable bonds is 3. The Bertz CT molecular complexity index is 297. The van der Waals surface area contributed by atoms with Crippen LogP contribution in [0.25, 0.3) is 0 Å². The Labute approximate surface area is 102 Å². The molecule has 1 amide bonds. The van der Waals surface area contributed by atoms with Gasteiger partial charge in [-0.3, -0.25) is 9.59 Å². The van der Waals surface area contributed by atoms with E-state index in [2.05, 4.69) is 0 Å². The molecule has 1 saturated carbocycles. The number of piperidine rings is 1. The molecule has 0 spiro atoms. The third-order valence-electron chi connectivity index (χ3n) is 4.06. The number of hydrogen-bond acceptors (Lipinski definition) is 2. The highest BCUT2D eigenvalue weighted by Crippen LogP contribution is 2.28. The van der Waals surface area contributed by atoms with Gasteiger partial charge in [-0.1, -0.05) is 12.8 Å². The van der Waals surface area contributed by atoms with E-state index < -0.39 is 5.97 Å². The highest BCUT2D eigenvalue weighted by molar-refractivity contribution is 5.78. The van der Waals surface area contributed by atoms with Crippen molar-refractivity contribution in [1.82, 2.24) is 4.90 Å². The molecule has 4 heteroatoms. The molecule has 4 nitrogen and oxygen atoms in total. The van der Waals surface area contributed by atoms with Crippen LogP contribution in [0.15, 0.2) is 0 Å². The molecule has 96 valence electrons. The minimum atomic E-state index is -0.761. The van der Waals surface area contributed by atoms with Crippen molar-refractivity contribution in [3.63, 3.8) is 0 Å². The maximum Gasteiger partial charge on any atom is 0.308 e. The van der Waals surface area contributed by atoms with Crippen molar-refractivity contribution in [2.75, 3.05) is 13.1 Å². The number of likely N-dealkylation sites (tertiary alicyclic amines) is 1. The molecule has 0 aromatic rings. The van der Waals surface area contributed by atoms with Crippen LogP contribution in [0.5, 0.6) is 0 Å². The highest BCUT2D eigenvalue weighted by Gasteiger charge is 2.29. The van der Waals surface area contributed by atoms with Crippen molar-refractivity contribution < 1.29 is 14.7 Å². The minimum absolute atomic E-state index is 0.169. The molecule has 1 N–H and O–H groups in total. The molecule has 2 rings (SSSR count). The molecule has 0 radical (unpaired) electrons. The van der Waals surface area contributed by atoms with Crippen molar-refractivity contribution in [2.45, 2.75) is 44.9 Å². The van der Waals surface area contributed by atoms with Gasteiger partial charge in [0.15, 0.2) is 0 Å². The van der Waals surface area contributed by atoms with Gasteiger partial charge in [-0.05, 0) is 31.6 Å². The fourth-order valence-corrected chi connectivity index (χ4v) is 3.00. The number of nitrogens with zero attached hydrogens (tertiary/aromatic N) is 1. The summed E-state index contributed by atoms with van der Waals surface area (Å²) < 4.78 is 0. The van der Waals surface area contributed by atoms with Gasteiger partial charge in [0.2, 0.25) is 5.91 Å². The predicted octanol–water partition coefficient (Wildman–Crippen LogP) is 1.89. The topological polar surface area (TPSA) is 57.6 Å².